The zero-order valence-corrected chi connectivity index (χ0v) is 19.4. The monoisotopic (exact) mass is 532 g/mol. The molecular weight excluding hydrogens is 511 g/mol. The molecule has 1 aliphatic carbocycles. The number of nitrogens with zero attached hydrogens (tertiary/aromatic N) is 2. The number of aliphatic hydroxyl groups excluding tert-OH is 1. The van der Waals surface area contributed by atoms with Crippen molar-refractivity contribution in [2.24, 2.45) is 0 Å². The highest BCUT2D eigenvalue weighted by molar-refractivity contribution is 7.99. The quantitative estimate of drug-likeness (QED) is 0.312. The van der Waals surface area contributed by atoms with Gasteiger partial charge in [0.05, 0.1) is 23.1 Å². The molecular formula is C22H21F5N4O4S. The van der Waals surface area contributed by atoms with Gasteiger partial charge in [0.25, 0.3) is 5.56 Å². The van der Waals surface area contributed by atoms with Crippen LogP contribution in [0.15, 0.2) is 39.0 Å². The third-order valence-corrected chi connectivity index (χ3v) is 7.14. The normalized spacial score (nSPS) is 17.3. The van der Waals surface area contributed by atoms with E-state index < -0.39 is 65.8 Å². The van der Waals surface area contributed by atoms with E-state index in [9.17, 15) is 36.6 Å². The predicted molar refractivity (Wildman–Crippen MR) is 121 cm³/mol. The van der Waals surface area contributed by atoms with Gasteiger partial charge in [-0.3, -0.25) is 9.78 Å². The summed E-state index contributed by atoms with van der Waals surface area (Å²) >= 11 is 0.819. The van der Waals surface area contributed by atoms with Crippen LogP contribution in [0.2, 0.25) is 0 Å². The number of halogens is 5. The van der Waals surface area contributed by atoms with Crippen molar-refractivity contribution in [3.05, 3.63) is 56.5 Å². The van der Waals surface area contributed by atoms with Gasteiger partial charge in [0.2, 0.25) is 5.92 Å². The zero-order chi connectivity index (χ0) is 26.1. The fourth-order valence-electron chi connectivity index (χ4n) is 4.21. The maximum atomic E-state index is 14.2. The Morgan fingerprint density at radius 3 is 2.44 bits per heavy atom. The topological polar surface area (TPSA) is 121 Å². The van der Waals surface area contributed by atoms with E-state index in [1.807, 2.05) is 4.98 Å². The van der Waals surface area contributed by atoms with Crippen LogP contribution in [0.3, 0.4) is 0 Å². The van der Waals surface area contributed by atoms with E-state index in [0.717, 1.165) is 11.8 Å². The van der Waals surface area contributed by atoms with Crippen LogP contribution in [-0.4, -0.2) is 49.4 Å². The highest BCUT2D eigenvalue weighted by atomic mass is 32.2. The highest BCUT2D eigenvalue weighted by Crippen LogP contribution is 2.49. The molecule has 0 aliphatic heterocycles. The van der Waals surface area contributed by atoms with E-state index in [1.165, 1.54) is 18.5 Å². The van der Waals surface area contributed by atoms with E-state index in [-0.39, 0.29) is 40.6 Å². The molecule has 194 valence electrons. The average Bonchev–Trinajstić information content (AvgIpc) is 2.81. The van der Waals surface area contributed by atoms with Crippen molar-refractivity contribution in [1.29, 1.82) is 0 Å². The second kappa shape index (κ2) is 10.2. The van der Waals surface area contributed by atoms with Crippen LogP contribution in [0.4, 0.5) is 22.0 Å². The summed E-state index contributed by atoms with van der Waals surface area (Å²) in [5, 5.41) is 9.36. The minimum absolute atomic E-state index is 0.0642. The first kappa shape index (κ1) is 26.1. The number of nitrogens with one attached hydrogen (secondary N) is 2. The van der Waals surface area contributed by atoms with Crippen LogP contribution in [0, 0.1) is 0 Å². The smallest absolute Gasteiger partial charge is 0.416 e. The number of alkyl halides is 5. The Balaban J connectivity index is 1.83. The van der Waals surface area contributed by atoms with E-state index in [1.54, 1.807) is 0 Å². The maximum Gasteiger partial charge on any atom is 0.416 e. The van der Waals surface area contributed by atoms with Crippen LogP contribution < -0.4 is 16.0 Å². The van der Waals surface area contributed by atoms with Gasteiger partial charge in [-0.1, -0.05) is 0 Å². The molecule has 8 nitrogen and oxygen atoms in total. The number of benzene rings is 1. The van der Waals surface area contributed by atoms with Crippen molar-refractivity contribution in [2.45, 2.75) is 54.7 Å². The maximum absolute atomic E-state index is 14.2. The summed E-state index contributed by atoms with van der Waals surface area (Å²) in [5.41, 5.74) is -3.47. The predicted octanol–water partition coefficient (Wildman–Crippen LogP) is 3.85. The summed E-state index contributed by atoms with van der Waals surface area (Å²) in [6.45, 7) is -0.537. The van der Waals surface area contributed by atoms with Crippen molar-refractivity contribution < 1.29 is 31.8 Å². The minimum Gasteiger partial charge on any atom is -0.457 e. The molecule has 14 heteroatoms. The molecule has 0 amide bonds. The number of aromatic nitrogens is 4. The lowest BCUT2D eigenvalue weighted by Crippen LogP contribution is -2.28. The second-order valence-corrected chi connectivity index (χ2v) is 9.42. The second-order valence-electron chi connectivity index (χ2n) is 8.39. The number of H-pyrrole nitrogens is 2. The molecule has 1 aliphatic rings. The molecule has 3 aromatic rings. The van der Waals surface area contributed by atoms with Gasteiger partial charge in [-0.2, -0.15) is 13.2 Å². The Kier molecular flexibility index (Phi) is 7.36. The third kappa shape index (κ3) is 5.69. The number of thioether (sulfide) groups is 1. The highest BCUT2D eigenvalue weighted by Gasteiger charge is 2.42. The standard InChI is InChI=1S/C22H21F5N4O4S/c23-21(24)4-2-11(3-5-21)15-14(22(25,26)27)8-13-16(30-19(34)31-18(13)33)17(15)36-10-12(9-32)35-20-28-6-1-7-29-20/h1,6-8,11-12,32H,2-5,9-10H2,(H2,30,31,33,34)/t12-/m0/s1. The summed E-state index contributed by atoms with van der Waals surface area (Å²) in [6.07, 6.45) is -4.64. The van der Waals surface area contributed by atoms with Gasteiger partial charge in [0.1, 0.15) is 6.10 Å². The minimum atomic E-state index is -4.90. The summed E-state index contributed by atoms with van der Waals surface area (Å²) in [5.74, 6) is -3.98. The Hall–Kier alpha value is -3.00. The van der Waals surface area contributed by atoms with Crippen molar-refractivity contribution in [3.8, 4) is 6.01 Å². The van der Waals surface area contributed by atoms with Gasteiger partial charge in [-0.25, -0.2) is 23.5 Å². The molecule has 4 rings (SSSR count). The summed E-state index contributed by atoms with van der Waals surface area (Å²) < 4.78 is 75.7. The van der Waals surface area contributed by atoms with Crippen LogP contribution in [0.25, 0.3) is 10.9 Å². The van der Waals surface area contributed by atoms with E-state index in [0.29, 0.717) is 6.07 Å². The van der Waals surface area contributed by atoms with Gasteiger partial charge >= 0.3 is 17.9 Å². The van der Waals surface area contributed by atoms with Crippen LogP contribution in [0.5, 0.6) is 6.01 Å². The fraction of sp³-hybridized carbons (Fsp3) is 0.455. The number of hydrogen-bond donors (Lipinski definition) is 3. The van der Waals surface area contributed by atoms with Gasteiger partial charge in [0.15, 0.2) is 0 Å². The van der Waals surface area contributed by atoms with Crippen molar-refractivity contribution in [2.75, 3.05) is 12.4 Å². The number of aromatic amines is 2. The lowest BCUT2D eigenvalue weighted by Gasteiger charge is -2.32. The molecule has 2 heterocycles. The first-order valence-corrected chi connectivity index (χ1v) is 11.9. The van der Waals surface area contributed by atoms with Gasteiger partial charge in [-0.05, 0) is 36.5 Å². The average molecular weight is 532 g/mol. The van der Waals surface area contributed by atoms with Crippen molar-refractivity contribution >= 4 is 22.7 Å². The number of fused-ring (bicyclic) bond motifs is 1. The number of hydrogen-bond acceptors (Lipinski definition) is 7. The van der Waals surface area contributed by atoms with E-state index in [4.69, 9.17) is 4.74 Å². The molecule has 36 heavy (non-hydrogen) atoms. The Bertz CT molecular complexity index is 1340. The lowest BCUT2D eigenvalue weighted by atomic mass is 9.80. The lowest BCUT2D eigenvalue weighted by molar-refractivity contribution is -0.138. The Morgan fingerprint density at radius 2 is 1.83 bits per heavy atom. The van der Waals surface area contributed by atoms with Crippen LogP contribution >= 0.6 is 11.8 Å². The molecule has 0 unspecified atom stereocenters. The molecule has 0 bridgehead atoms. The molecule has 1 saturated carbocycles. The first-order chi connectivity index (χ1) is 17.0. The van der Waals surface area contributed by atoms with Gasteiger partial charge in [-0.15, -0.1) is 11.8 Å². The summed E-state index contributed by atoms with van der Waals surface area (Å²) in [4.78, 5) is 36.4. The van der Waals surface area contributed by atoms with Gasteiger partial charge < -0.3 is 14.8 Å². The fourth-order valence-corrected chi connectivity index (χ4v) is 5.47. The molecule has 0 radical (unpaired) electrons. The zero-order valence-electron chi connectivity index (χ0n) is 18.6. The summed E-state index contributed by atoms with van der Waals surface area (Å²) in [7, 11) is 0. The molecule has 1 atom stereocenters. The number of aliphatic hydroxyl groups is 1. The molecule has 0 spiro atoms. The van der Waals surface area contributed by atoms with Crippen LogP contribution in [0.1, 0.15) is 42.7 Å². The number of ether oxygens (including phenoxy) is 1. The summed E-state index contributed by atoms with van der Waals surface area (Å²) in [6, 6.07) is 2.12. The van der Waals surface area contributed by atoms with Gasteiger partial charge in [0, 0.05) is 35.9 Å². The molecule has 1 fully saturated rings. The SMILES string of the molecule is O=c1[nH]c(=O)c2cc(C(F)(F)F)c(C3CCC(F)(F)CC3)c(SC[C@H](CO)Oc3ncccn3)c2[nH]1. The van der Waals surface area contributed by atoms with E-state index >= 15 is 0 Å². The number of rotatable bonds is 7. The molecule has 2 aromatic heterocycles. The third-order valence-electron chi connectivity index (χ3n) is 5.89. The molecule has 0 saturated heterocycles. The van der Waals surface area contributed by atoms with Crippen molar-refractivity contribution in [1.82, 2.24) is 19.9 Å². The Labute approximate surface area is 204 Å². The van der Waals surface area contributed by atoms with E-state index in [2.05, 4.69) is 15.0 Å². The van der Waals surface area contributed by atoms with Crippen LogP contribution in [-0.2, 0) is 6.18 Å². The molecule has 3 N–H and O–H groups in total. The Morgan fingerprint density at radius 1 is 1.17 bits per heavy atom. The largest absolute Gasteiger partial charge is 0.457 e. The van der Waals surface area contributed by atoms with Crippen molar-refractivity contribution in [3.63, 3.8) is 0 Å². The first-order valence-electron chi connectivity index (χ1n) is 10.9. The molecule has 1 aromatic carbocycles.